The first-order chi connectivity index (χ1) is 7.35. The van der Waals surface area contributed by atoms with Gasteiger partial charge in [0.05, 0.1) is 0 Å². The monoisotopic (exact) mass is 226 g/mol. The van der Waals surface area contributed by atoms with Gasteiger partial charge in [0.1, 0.15) is 0 Å². The van der Waals surface area contributed by atoms with Gasteiger partial charge in [-0.25, -0.2) is 0 Å². The van der Waals surface area contributed by atoms with Crippen molar-refractivity contribution < 1.29 is 4.79 Å². The van der Waals surface area contributed by atoms with Crippen molar-refractivity contribution in [3.63, 3.8) is 0 Å². The quantitative estimate of drug-likeness (QED) is 0.798. The zero-order valence-electron chi connectivity index (χ0n) is 11.3. The van der Waals surface area contributed by atoms with Crippen LogP contribution in [0.3, 0.4) is 0 Å². The molecule has 3 nitrogen and oxygen atoms in total. The van der Waals surface area contributed by atoms with E-state index in [2.05, 4.69) is 31.0 Å². The smallest absolute Gasteiger partial charge is 0.226 e. The Kier molecular flexibility index (Phi) is 4.36. The first-order valence-corrected chi connectivity index (χ1v) is 6.40. The van der Waals surface area contributed by atoms with E-state index < -0.39 is 0 Å². The summed E-state index contributed by atoms with van der Waals surface area (Å²) in [5, 5.41) is 3.04. The SMILES string of the molecule is CC(C)NC(=O)C1(C)CCN(C(C)C)CC1. The summed E-state index contributed by atoms with van der Waals surface area (Å²) >= 11 is 0. The fourth-order valence-electron chi connectivity index (χ4n) is 2.20. The lowest BCUT2D eigenvalue weighted by atomic mass is 9.79. The Morgan fingerprint density at radius 3 is 2.06 bits per heavy atom. The van der Waals surface area contributed by atoms with Gasteiger partial charge in [-0.1, -0.05) is 6.92 Å². The predicted molar refractivity (Wildman–Crippen MR) is 67.3 cm³/mol. The first kappa shape index (κ1) is 13.5. The lowest BCUT2D eigenvalue weighted by Gasteiger charge is -2.40. The van der Waals surface area contributed by atoms with Crippen molar-refractivity contribution in [3.8, 4) is 0 Å². The Bertz CT molecular complexity index is 240. The molecular formula is C13H26N2O. The van der Waals surface area contributed by atoms with Gasteiger partial charge in [0.25, 0.3) is 0 Å². The zero-order valence-corrected chi connectivity index (χ0v) is 11.3. The van der Waals surface area contributed by atoms with Crippen LogP contribution < -0.4 is 5.32 Å². The number of nitrogens with zero attached hydrogens (tertiary/aromatic N) is 1. The Hall–Kier alpha value is -0.570. The van der Waals surface area contributed by atoms with Gasteiger partial charge in [0.15, 0.2) is 0 Å². The summed E-state index contributed by atoms with van der Waals surface area (Å²) in [6, 6.07) is 0.838. The van der Waals surface area contributed by atoms with Crippen molar-refractivity contribution in [1.82, 2.24) is 10.2 Å². The highest BCUT2D eigenvalue weighted by Crippen LogP contribution is 2.31. The van der Waals surface area contributed by atoms with Crippen LogP contribution >= 0.6 is 0 Å². The van der Waals surface area contributed by atoms with E-state index in [1.807, 2.05) is 13.8 Å². The van der Waals surface area contributed by atoms with Gasteiger partial charge in [-0.3, -0.25) is 4.79 Å². The van der Waals surface area contributed by atoms with Crippen molar-refractivity contribution in [1.29, 1.82) is 0 Å². The molecule has 1 fully saturated rings. The summed E-state index contributed by atoms with van der Waals surface area (Å²) in [7, 11) is 0. The molecule has 0 aliphatic carbocycles. The number of likely N-dealkylation sites (tertiary alicyclic amines) is 1. The first-order valence-electron chi connectivity index (χ1n) is 6.40. The maximum Gasteiger partial charge on any atom is 0.226 e. The molecule has 3 heteroatoms. The zero-order chi connectivity index (χ0) is 12.3. The maximum atomic E-state index is 12.1. The molecule has 0 unspecified atom stereocenters. The van der Waals surface area contributed by atoms with Crippen molar-refractivity contribution >= 4 is 5.91 Å². The summed E-state index contributed by atoms with van der Waals surface area (Å²) in [6.07, 6.45) is 1.95. The highest BCUT2D eigenvalue weighted by Gasteiger charge is 2.37. The van der Waals surface area contributed by atoms with Crippen molar-refractivity contribution in [2.45, 2.75) is 59.5 Å². The molecule has 1 aliphatic rings. The normalized spacial score (nSPS) is 21.4. The Balaban J connectivity index is 2.52. The van der Waals surface area contributed by atoms with E-state index in [1.165, 1.54) is 0 Å². The third kappa shape index (κ3) is 3.21. The summed E-state index contributed by atoms with van der Waals surface area (Å²) in [5.74, 6) is 0.228. The average Bonchev–Trinajstić information content (AvgIpc) is 2.17. The minimum atomic E-state index is -0.157. The summed E-state index contributed by atoms with van der Waals surface area (Å²) in [6.45, 7) is 12.7. The van der Waals surface area contributed by atoms with Gasteiger partial charge >= 0.3 is 0 Å². The number of hydrogen-bond acceptors (Lipinski definition) is 2. The molecule has 1 N–H and O–H groups in total. The minimum absolute atomic E-state index is 0.157. The van der Waals surface area contributed by atoms with Crippen LogP contribution in [0.1, 0.15) is 47.5 Å². The topological polar surface area (TPSA) is 32.3 Å². The van der Waals surface area contributed by atoms with Gasteiger partial charge in [-0.2, -0.15) is 0 Å². The van der Waals surface area contributed by atoms with Crippen molar-refractivity contribution in [2.75, 3.05) is 13.1 Å². The number of hydrogen-bond donors (Lipinski definition) is 1. The average molecular weight is 226 g/mol. The third-order valence-electron chi connectivity index (χ3n) is 3.60. The molecule has 0 aromatic heterocycles. The second-order valence-electron chi connectivity index (χ2n) is 5.82. The Labute approximate surface area is 99.6 Å². The van der Waals surface area contributed by atoms with Crippen LogP contribution in [0, 0.1) is 5.41 Å². The Morgan fingerprint density at radius 2 is 1.69 bits per heavy atom. The van der Waals surface area contributed by atoms with Crippen LogP contribution in [0.2, 0.25) is 0 Å². The summed E-state index contributed by atoms with van der Waals surface area (Å²) in [4.78, 5) is 14.5. The second-order valence-corrected chi connectivity index (χ2v) is 5.82. The molecule has 0 aromatic carbocycles. The lowest BCUT2D eigenvalue weighted by molar-refractivity contribution is -0.133. The molecule has 1 heterocycles. The van der Waals surface area contributed by atoms with Crippen molar-refractivity contribution in [3.05, 3.63) is 0 Å². The molecular weight excluding hydrogens is 200 g/mol. The lowest BCUT2D eigenvalue weighted by Crippen LogP contribution is -2.50. The highest BCUT2D eigenvalue weighted by atomic mass is 16.2. The van der Waals surface area contributed by atoms with Gasteiger partial charge in [-0.05, 0) is 53.6 Å². The van der Waals surface area contributed by atoms with E-state index in [4.69, 9.17) is 0 Å². The number of carbonyl (C=O) groups excluding carboxylic acids is 1. The molecule has 1 aliphatic heterocycles. The number of piperidine rings is 1. The molecule has 94 valence electrons. The summed E-state index contributed by atoms with van der Waals surface area (Å²) < 4.78 is 0. The molecule has 1 saturated heterocycles. The fourth-order valence-corrected chi connectivity index (χ4v) is 2.20. The van der Waals surface area contributed by atoms with E-state index in [0.717, 1.165) is 25.9 Å². The van der Waals surface area contributed by atoms with Gasteiger partial charge in [0, 0.05) is 17.5 Å². The molecule has 0 atom stereocenters. The fraction of sp³-hybridized carbons (Fsp3) is 0.923. The molecule has 1 amide bonds. The number of rotatable bonds is 3. The highest BCUT2D eigenvalue weighted by molar-refractivity contribution is 5.82. The number of carbonyl (C=O) groups is 1. The van der Waals surface area contributed by atoms with Crippen LogP contribution in [0.4, 0.5) is 0 Å². The third-order valence-corrected chi connectivity index (χ3v) is 3.60. The Morgan fingerprint density at radius 1 is 1.19 bits per heavy atom. The van der Waals surface area contributed by atoms with Crippen LogP contribution in [0.15, 0.2) is 0 Å². The molecule has 0 spiro atoms. The van der Waals surface area contributed by atoms with Crippen LogP contribution in [0.5, 0.6) is 0 Å². The van der Waals surface area contributed by atoms with E-state index in [9.17, 15) is 4.79 Å². The van der Waals surface area contributed by atoms with Crippen LogP contribution in [0.25, 0.3) is 0 Å². The summed E-state index contributed by atoms with van der Waals surface area (Å²) in [5.41, 5.74) is -0.157. The van der Waals surface area contributed by atoms with Crippen molar-refractivity contribution in [2.24, 2.45) is 5.41 Å². The molecule has 16 heavy (non-hydrogen) atoms. The minimum Gasteiger partial charge on any atom is -0.353 e. The molecule has 0 saturated carbocycles. The van der Waals surface area contributed by atoms with E-state index in [0.29, 0.717) is 6.04 Å². The van der Waals surface area contributed by atoms with Crippen LogP contribution in [-0.4, -0.2) is 36.0 Å². The molecule has 0 bridgehead atoms. The predicted octanol–water partition coefficient (Wildman–Crippen LogP) is 2.02. The van der Waals surface area contributed by atoms with Gasteiger partial charge < -0.3 is 10.2 Å². The molecule has 0 radical (unpaired) electrons. The van der Waals surface area contributed by atoms with Gasteiger partial charge in [0.2, 0.25) is 5.91 Å². The van der Waals surface area contributed by atoms with E-state index in [1.54, 1.807) is 0 Å². The molecule has 1 rings (SSSR count). The largest absolute Gasteiger partial charge is 0.353 e. The van der Waals surface area contributed by atoms with E-state index >= 15 is 0 Å². The van der Waals surface area contributed by atoms with Crippen LogP contribution in [-0.2, 0) is 4.79 Å². The standard InChI is InChI=1S/C13H26N2O/c1-10(2)14-12(16)13(5)6-8-15(9-7-13)11(3)4/h10-11H,6-9H2,1-5H3,(H,14,16). The number of amides is 1. The second kappa shape index (κ2) is 5.17. The van der Waals surface area contributed by atoms with E-state index in [-0.39, 0.29) is 17.4 Å². The molecule has 0 aromatic rings. The van der Waals surface area contributed by atoms with Gasteiger partial charge in [-0.15, -0.1) is 0 Å². The number of nitrogens with one attached hydrogen (secondary N) is 1. The maximum absolute atomic E-state index is 12.1.